The molecule has 18 heavy (non-hydrogen) atoms. The largest absolute Gasteiger partial charge is 0.490 e. The molecule has 2 rings (SSSR count). The highest BCUT2D eigenvalue weighted by Gasteiger charge is 2.07. The van der Waals surface area contributed by atoms with Crippen LogP contribution in [-0.2, 0) is 0 Å². The van der Waals surface area contributed by atoms with Crippen molar-refractivity contribution in [3.63, 3.8) is 0 Å². The van der Waals surface area contributed by atoms with Crippen LogP contribution in [0.25, 0.3) is 0 Å². The number of anilines is 2. The summed E-state index contributed by atoms with van der Waals surface area (Å²) in [6, 6.07) is 10.7. The van der Waals surface area contributed by atoms with Gasteiger partial charge >= 0.3 is 0 Å². The zero-order valence-electron chi connectivity index (χ0n) is 10.1. The Balaban J connectivity index is 2.25. The van der Waals surface area contributed by atoms with Gasteiger partial charge in [0.1, 0.15) is 0 Å². The third kappa shape index (κ3) is 2.63. The van der Waals surface area contributed by atoms with E-state index in [1.807, 2.05) is 25.1 Å². The second-order valence-corrected chi connectivity index (χ2v) is 3.61. The molecule has 0 saturated carbocycles. The second kappa shape index (κ2) is 5.27. The summed E-state index contributed by atoms with van der Waals surface area (Å²) in [7, 11) is 0. The Hall–Kier alpha value is -2.43. The first-order chi connectivity index (χ1) is 8.70. The first-order valence-corrected chi connectivity index (χ1v) is 5.62. The molecule has 4 N–H and O–H groups in total. The third-order valence-electron chi connectivity index (χ3n) is 2.30. The average molecular weight is 245 g/mol. The SMILES string of the molecule is CCOc1ccccc1Oc1ccc(N)c(N)n1. The Morgan fingerprint density at radius 1 is 1.06 bits per heavy atom. The van der Waals surface area contributed by atoms with Crippen LogP contribution in [0, 0.1) is 0 Å². The summed E-state index contributed by atoms with van der Waals surface area (Å²) in [4.78, 5) is 4.04. The highest BCUT2D eigenvalue weighted by atomic mass is 16.5. The predicted molar refractivity (Wildman–Crippen MR) is 70.7 cm³/mol. The van der Waals surface area contributed by atoms with Crippen LogP contribution in [0.2, 0.25) is 0 Å². The zero-order chi connectivity index (χ0) is 13.0. The van der Waals surface area contributed by atoms with Gasteiger partial charge < -0.3 is 20.9 Å². The lowest BCUT2D eigenvalue weighted by molar-refractivity contribution is 0.319. The number of hydrogen-bond donors (Lipinski definition) is 2. The van der Waals surface area contributed by atoms with Gasteiger partial charge in [-0.2, -0.15) is 4.98 Å². The summed E-state index contributed by atoms with van der Waals surface area (Å²) in [6.07, 6.45) is 0. The minimum atomic E-state index is 0.251. The molecule has 0 saturated heterocycles. The maximum atomic E-state index is 5.63. The minimum Gasteiger partial charge on any atom is -0.490 e. The first-order valence-electron chi connectivity index (χ1n) is 5.62. The van der Waals surface area contributed by atoms with E-state index in [0.717, 1.165) is 0 Å². The number of benzene rings is 1. The number of hydrogen-bond acceptors (Lipinski definition) is 5. The number of pyridine rings is 1. The number of nitrogens with zero attached hydrogens (tertiary/aromatic N) is 1. The van der Waals surface area contributed by atoms with Gasteiger partial charge in [0.15, 0.2) is 17.3 Å². The Bertz CT molecular complexity index is 544. The van der Waals surface area contributed by atoms with E-state index < -0.39 is 0 Å². The molecule has 1 heterocycles. The van der Waals surface area contributed by atoms with Crippen molar-refractivity contribution in [2.75, 3.05) is 18.1 Å². The van der Waals surface area contributed by atoms with Gasteiger partial charge in [0.05, 0.1) is 12.3 Å². The Morgan fingerprint density at radius 2 is 1.78 bits per heavy atom. The normalized spacial score (nSPS) is 10.1. The summed E-state index contributed by atoms with van der Waals surface area (Å²) in [6.45, 7) is 2.48. The maximum absolute atomic E-state index is 5.63. The average Bonchev–Trinajstić information content (AvgIpc) is 2.37. The van der Waals surface area contributed by atoms with Gasteiger partial charge in [-0.05, 0) is 25.1 Å². The highest BCUT2D eigenvalue weighted by molar-refractivity contribution is 5.59. The van der Waals surface area contributed by atoms with Crippen LogP contribution in [0.5, 0.6) is 17.4 Å². The van der Waals surface area contributed by atoms with Crippen molar-refractivity contribution in [3.05, 3.63) is 36.4 Å². The molecule has 0 radical (unpaired) electrons. The minimum absolute atomic E-state index is 0.251. The fourth-order valence-electron chi connectivity index (χ4n) is 1.45. The fraction of sp³-hybridized carbons (Fsp3) is 0.154. The van der Waals surface area contributed by atoms with E-state index in [2.05, 4.69) is 4.98 Å². The summed E-state index contributed by atoms with van der Waals surface area (Å²) in [5.74, 6) is 1.89. The molecule has 1 aromatic carbocycles. The molecule has 94 valence electrons. The third-order valence-corrected chi connectivity index (χ3v) is 2.30. The van der Waals surface area contributed by atoms with Crippen LogP contribution in [0.15, 0.2) is 36.4 Å². The van der Waals surface area contributed by atoms with Gasteiger partial charge in [0, 0.05) is 6.07 Å². The standard InChI is InChI=1S/C13H15N3O2/c1-2-17-10-5-3-4-6-11(10)18-12-8-7-9(14)13(15)16-12/h3-8H,2,14H2,1H3,(H2,15,16). The molecule has 0 aliphatic rings. The summed E-state index contributed by atoms with van der Waals surface area (Å²) < 4.78 is 11.1. The van der Waals surface area contributed by atoms with Crippen molar-refractivity contribution in [1.82, 2.24) is 4.98 Å². The lowest BCUT2D eigenvalue weighted by Gasteiger charge is -2.11. The van der Waals surface area contributed by atoms with Crippen LogP contribution < -0.4 is 20.9 Å². The predicted octanol–water partition coefficient (Wildman–Crippen LogP) is 2.44. The molecule has 0 aliphatic carbocycles. The molecular formula is C13H15N3O2. The summed E-state index contributed by atoms with van der Waals surface area (Å²) >= 11 is 0. The molecule has 2 aromatic rings. The van der Waals surface area contributed by atoms with Crippen molar-refractivity contribution in [3.8, 4) is 17.4 Å². The topological polar surface area (TPSA) is 83.4 Å². The van der Waals surface area contributed by atoms with Crippen LogP contribution in [-0.4, -0.2) is 11.6 Å². The Labute approximate surface area is 105 Å². The second-order valence-electron chi connectivity index (χ2n) is 3.61. The molecule has 0 unspecified atom stereocenters. The summed E-state index contributed by atoms with van der Waals surface area (Å²) in [5, 5.41) is 0. The molecule has 0 bridgehead atoms. The molecule has 0 aliphatic heterocycles. The fourth-order valence-corrected chi connectivity index (χ4v) is 1.45. The molecule has 5 heteroatoms. The van der Waals surface area contributed by atoms with Gasteiger partial charge in [-0.3, -0.25) is 0 Å². The van der Waals surface area contributed by atoms with E-state index in [1.165, 1.54) is 0 Å². The number of rotatable bonds is 4. The van der Waals surface area contributed by atoms with Gasteiger partial charge in [0.25, 0.3) is 0 Å². The van der Waals surface area contributed by atoms with E-state index in [4.69, 9.17) is 20.9 Å². The van der Waals surface area contributed by atoms with E-state index in [-0.39, 0.29) is 5.82 Å². The number of para-hydroxylation sites is 2. The Morgan fingerprint density at radius 3 is 2.44 bits per heavy atom. The monoisotopic (exact) mass is 245 g/mol. The van der Waals surface area contributed by atoms with Gasteiger partial charge in [-0.1, -0.05) is 12.1 Å². The van der Waals surface area contributed by atoms with Crippen molar-refractivity contribution in [2.24, 2.45) is 0 Å². The van der Waals surface area contributed by atoms with Gasteiger partial charge in [-0.25, -0.2) is 0 Å². The maximum Gasteiger partial charge on any atom is 0.221 e. The molecule has 1 aromatic heterocycles. The number of ether oxygens (including phenoxy) is 2. The number of aromatic nitrogens is 1. The molecule has 0 spiro atoms. The first kappa shape index (κ1) is 12.0. The van der Waals surface area contributed by atoms with Crippen molar-refractivity contribution >= 4 is 11.5 Å². The van der Waals surface area contributed by atoms with Crippen LogP contribution in [0.3, 0.4) is 0 Å². The van der Waals surface area contributed by atoms with E-state index >= 15 is 0 Å². The molecular weight excluding hydrogens is 230 g/mol. The van der Waals surface area contributed by atoms with E-state index in [0.29, 0.717) is 29.7 Å². The zero-order valence-corrected chi connectivity index (χ0v) is 10.1. The smallest absolute Gasteiger partial charge is 0.221 e. The van der Waals surface area contributed by atoms with Crippen molar-refractivity contribution in [2.45, 2.75) is 6.92 Å². The molecule has 5 nitrogen and oxygen atoms in total. The van der Waals surface area contributed by atoms with Crippen molar-refractivity contribution < 1.29 is 9.47 Å². The molecule has 0 fully saturated rings. The van der Waals surface area contributed by atoms with Crippen LogP contribution in [0.1, 0.15) is 6.92 Å². The quantitative estimate of drug-likeness (QED) is 0.864. The van der Waals surface area contributed by atoms with Crippen molar-refractivity contribution in [1.29, 1.82) is 0 Å². The van der Waals surface area contributed by atoms with Crippen LogP contribution >= 0.6 is 0 Å². The van der Waals surface area contributed by atoms with Crippen LogP contribution in [0.4, 0.5) is 11.5 Å². The summed E-state index contributed by atoms with van der Waals surface area (Å²) in [5.41, 5.74) is 11.6. The lowest BCUT2D eigenvalue weighted by atomic mass is 10.3. The van der Waals surface area contributed by atoms with E-state index in [9.17, 15) is 0 Å². The Kier molecular flexibility index (Phi) is 3.52. The van der Waals surface area contributed by atoms with Gasteiger partial charge in [0.2, 0.25) is 5.88 Å². The number of nitrogens with two attached hydrogens (primary N) is 2. The van der Waals surface area contributed by atoms with E-state index in [1.54, 1.807) is 18.2 Å². The lowest BCUT2D eigenvalue weighted by Crippen LogP contribution is -2.00. The molecule has 0 amide bonds. The number of nitrogen functional groups attached to an aromatic ring is 2. The van der Waals surface area contributed by atoms with Gasteiger partial charge in [-0.15, -0.1) is 0 Å². The highest BCUT2D eigenvalue weighted by Crippen LogP contribution is 2.31. The molecule has 0 atom stereocenters.